The molecule has 1 rings (SSSR count). The smallest absolute Gasteiger partial charge is 0.165 e. The molecule has 0 saturated heterocycles. The van der Waals surface area contributed by atoms with Gasteiger partial charge in [0.1, 0.15) is 6.61 Å². The van der Waals surface area contributed by atoms with Gasteiger partial charge in [0.15, 0.2) is 11.5 Å². The summed E-state index contributed by atoms with van der Waals surface area (Å²) in [6, 6.07) is 5.89. The van der Waals surface area contributed by atoms with Crippen molar-refractivity contribution in [3.05, 3.63) is 48.1 Å². The normalized spacial score (nSPS) is 9.82. The summed E-state index contributed by atoms with van der Waals surface area (Å²) >= 11 is 0. The number of ether oxygens (including phenoxy) is 2. The second kappa shape index (κ2) is 6.14. The molecule has 0 fully saturated rings. The van der Waals surface area contributed by atoms with Gasteiger partial charge < -0.3 is 9.47 Å². The van der Waals surface area contributed by atoms with Gasteiger partial charge in [0.25, 0.3) is 0 Å². The van der Waals surface area contributed by atoms with Gasteiger partial charge in [-0.15, -0.1) is 0 Å². The maximum Gasteiger partial charge on any atom is 0.165 e. The third-order valence-corrected chi connectivity index (χ3v) is 2.24. The molecule has 0 aliphatic heterocycles. The van der Waals surface area contributed by atoms with Crippen molar-refractivity contribution >= 4 is 0 Å². The lowest BCUT2D eigenvalue weighted by molar-refractivity contribution is 0.317. The fourth-order valence-electron chi connectivity index (χ4n) is 1.55. The molecule has 0 aliphatic rings. The van der Waals surface area contributed by atoms with E-state index in [0.29, 0.717) is 6.61 Å². The van der Waals surface area contributed by atoms with Crippen molar-refractivity contribution in [3.8, 4) is 11.5 Å². The topological polar surface area (TPSA) is 18.5 Å². The summed E-state index contributed by atoms with van der Waals surface area (Å²) in [5.41, 5.74) is 3.17. The number of benzene rings is 1. The van der Waals surface area contributed by atoms with Gasteiger partial charge in [-0.05, 0) is 31.9 Å². The van der Waals surface area contributed by atoms with Gasteiger partial charge in [-0.1, -0.05) is 30.9 Å². The molecule has 0 bridgehead atoms. The lowest BCUT2D eigenvalue weighted by Gasteiger charge is -2.15. The van der Waals surface area contributed by atoms with Gasteiger partial charge in [-0.25, -0.2) is 0 Å². The summed E-state index contributed by atoms with van der Waals surface area (Å²) in [6.45, 7) is 12.2. The molecule has 0 aliphatic carbocycles. The van der Waals surface area contributed by atoms with Gasteiger partial charge >= 0.3 is 0 Å². The number of methoxy groups -OCH3 is 1. The van der Waals surface area contributed by atoms with Crippen molar-refractivity contribution < 1.29 is 9.47 Å². The summed E-state index contributed by atoms with van der Waals surface area (Å²) in [7, 11) is 1.65. The van der Waals surface area contributed by atoms with Crippen LogP contribution in [-0.4, -0.2) is 13.7 Å². The van der Waals surface area contributed by atoms with E-state index in [1.54, 1.807) is 7.11 Å². The maximum atomic E-state index is 5.76. The quantitative estimate of drug-likeness (QED) is 0.695. The summed E-state index contributed by atoms with van der Waals surface area (Å²) in [5.74, 6) is 1.55. The van der Waals surface area contributed by atoms with Crippen LogP contribution in [0.25, 0.3) is 0 Å². The zero-order chi connectivity index (χ0) is 12.8. The Bertz CT molecular complexity index is 419. The number of rotatable bonds is 6. The highest BCUT2D eigenvalue weighted by atomic mass is 16.5. The van der Waals surface area contributed by atoms with E-state index >= 15 is 0 Å². The van der Waals surface area contributed by atoms with E-state index in [0.717, 1.165) is 34.6 Å². The van der Waals surface area contributed by atoms with Crippen molar-refractivity contribution in [2.45, 2.75) is 20.3 Å². The van der Waals surface area contributed by atoms with E-state index in [1.165, 1.54) is 0 Å². The van der Waals surface area contributed by atoms with Crippen LogP contribution < -0.4 is 9.47 Å². The van der Waals surface area contributed by atoms with Crippen LogP contribution in [0.3, 0.4) is 0 Å². The molecule has 2 heteroatoms. The van der Waals surface area contributed by atoms with Gasteiger partial charge in [-0.2, -0.15) is 0 Å². The number of allylic oxidation sites excluding steroid dienone is 1. The number of hydrogen-bond acceptors (Lipinski definition) is 2. The lowest BCUT2D eigenvalue weighted by atomic mass is 10.1. The molecule has 0 spiro atoms. The Labute approximate surface area is 104 Å². The van der Waals surface area contributed by atoms with Gasteiger partial charge in [0.2, 0.25) is 0 Å². The molecule has 92 valence electrons. The van der Waals surface area contributed by atoms with Crippen LogP contribution in [-0.2, 0) is 6.42 Å². The molecule has 0 heterocycles. The Kier molecular flexibility index (Phi) is 4.83. The summed E-state index contributed by atoms with van der Waals surface area (Å²) in [5, 5.41) is 0. The van der Waals surface area contributed by atoms with Crippen molar-refractivity contribution in [1.82, 2.24) is 0 Å². The predicted molar refractivity (Wildman–Crippen MR) is 71.8 cm³/mol. The van der Waals surface area contributed by atoms with Crippen molar-refractivity contribution in [2.75, 3.05) is 13.7 Å². The van der Waals surface area contributed by atoms with Gasteiger partial charge in [0, 0.05) is 5.56 Å². The van der Waals surface area contributed by atoms with Crippen LogP contribution >= 0.6 is 0 Å². The van der Waals surface area contributed by atoms with Crippen LogP contribution in [0.2, 0.25) is 0 Å². The zero-order valence-corrected chi connectivity index (χ0v) is 10.9. The van der Waals surface area contributed by atoms with Crippen LogP contribution in [0, 0.1) is 0 Å². The Morgan fingerprint density at radius 1 is 1.18 bits per heavy atom. The average Bonchev–Trinajstić information content (AvgIpc) is 2.26. The molecule has 0 saturated carbocycles. The average molecular weight is 232 g/mol. The lowest BCUT2D eigenvalue weighted by Crippen LogP contribution is -2.03. The first-order chi connectivity index (χ1) is 8.04. The first-order valence-electron chi connectivity index (χ1n) is 5.62. The van der Waals surface area contributed by atoms with Crippen LogP contribution in [0.15, 0.2) is 42.5 Å². The van der Waals surface area contributed by atoms with E-state index in [-0.39, 0.29) is 0 Å². The number of hydrogen-bond donors (Lipinski definition) is 0. The standard InChI is InChI=1S/C15H20O2/c1-11(2)9-13-7-6-8-14(16-5)15(13)17-10-12(3)4/h6-8H,1,3,9-10H2,2,4-5H3. The highest BCUT2D eigenvalue weighted by Crippen LogP contribution is 2.32. The number of para-hydroxylation sites is 1. The second-order valence-corrected chi connectivity index (χ2v) is 4.33. The molecule has 1 aromatic rings. The first kappa shape index (κ1) is 13.4. The summed E-state index contributed by atoms with van der Waals surface area (Å²) < 4.78 is 11.1. The molecule has 17 heavy (non-hydrogen) atoms. The molecule has 2 nitrogen and oxygen atoms in total. The van der Waals surface area contributed by atoms with Crippen molar-refractivity contribution in [2.24, 2.45) is 0 Å². The highest BCUT2D eigenvalue weighted by molar-refractivity contribution is 5.48. The fraction of sp³-hybridized carbons (Fsp3) is 0.333. The first-order valence-corrected chi connectivity index (χ1v) is 5.62. The fourth-order valence-corrected chi connectivity index (χ4v) is 1.55. The Morgan fingerprint density at radius 3 is 2.41 bits per heavy atom. The monoisotopic (exact) mass is 232 g/mol. The predicted octanol–water partition coefficient (Wildman–Crippen LogP) is 3.77. The van der Waals surface area contributed by atoms with E-state index in [1.807, 2.05) is 32.0 Å². The third-order valence-electron chi connectivity index (χ3n) is 2.24. The highest BCUT2D eigenvalue weighted by Gasteiger charge is 2.10. The molecule has 0 amide bonds. The maximum absolute atomic E-state index is 5.76. The minimum atomic E-state index is 0.504. The SMILES string of the molecule is C=C(C)COc1c(CC(=C)C)cccc1OC. The Morgan fingerprint density at radius 2 is 1.88 bits per heavy atom. The Balaban J connectivity index is 3.01. The van der Waals surface area contributed by atoms with Crippen LogP contribution in [0.1, 0.15) is 19.4 Å². The molecule has 0 radical (unpaired) electrons. The van der Waals surface area contributed by atoms with E-state index < -0.39 is 0 Å². The minimum Gasteiger partial charge on any atom is -0.493 e. The molecule has 0 atom stereocenters. The van der Waals surface area contributed by atoms with Gasteiger partial charge in [-0.3, -0.25) is 0 Å². The third kappa shape index (κ3) is 3.99. The minimum absolute atomic E-state index is 0.504. The van der Waals surface area contributed by atoms with Crippen LogP contribution in [0.4, 0.5) is 0 Å². The van der Waals surface area contributed by atoms with Gasteiger partial charge in [0.05, 0.1) is 7.11 Å². The summed E-state index contributed by atoms with van der Waals surface area (Å²) in [6.07, 6.45) is 0.794. The second-order valence-electron chi connectivity index (χ2n) is 4.33. The van der Waals surface area contributed by atoms with Crippen molar-refractivity contribution in [3.63, 3.8) is 0 Å². The molecular formula is C15H20O2. The molecule has 1 aromatic carbocycles. The van der Waals surface area contributed by atoms with Crippen LogP contribution in [0.5, 0.6) is 11.5 Å². The molecular weight excluding hydrogens is 212 g/mol. The van der Waals surface area contributed by atoms with Crippen molar-refractivity contribution in [1.29, 1.82) is 0 Å². The zero-order valence-electron chi connectivity index (χ0n) is 10.9. The van der Waals surface area contributed by atoms with E-state index in [9.17, 15) is 0 Å². The van der Waals surface area contributed by atoms with E-state index in [2.05, 4.69) is 13.2 Å². The molecule has 0 unspecified atom stereocenters. The largest absolute Gasteiger partial charge is 0.493 e. The van der Waals surface area contributed by atoms with E-state index in [4.69, 9.17) is 9.47 Å². The molecule has 0 N–H and O–H groups in total. The summed E-state index contributed by atoms with van der Waals surface area (Å²) in [4.78, 5) is 0. The Hall–Kier alpha value is -1.70. The molecule has 0 aromatic heterocycles.